The zero-order valence-electron chi connectivity index (χ0n) is 14.4. The Hall–Kier alpha value is -0.0800. The van der Waals surface area contributed by atoms with Crippen LogP contribution in [0.3, 0.4) is 0 Å². The molecule has 2 aliphatic rings. The van der Waals surface area contributed by atoms with Gasteiger partial charge in [0.15, 0.2) is 0 Å². The van der Waals surface area contributed by atoms with E-state index in [1.54, 1.807) is 0 Å². The van der Waals surface area contributed by atoms with Crippen LogP contribution in [0.1, 0.15) is 71.6 Å². The fourth-order valence-electron chi connectivity index (χ4n) is 5.37. The lowest BCUT2D eigenvalue weighted by atomic mass is 9.66. The predicted octanol–water partition coefficient (Wildman–Crippen LogP) is 4.18. The summed E-state index contributed by atoms with van der Waals surface area (Å²) in [6.07, 6.45) is 12.7. The van der Waals surface area contributed by atoms with E-state index in [-0.39, 0.29) is 0 Å². The predicted molar refractivity (Wildman–Crippen MR) is 91.9 cm³/mol. The molecule has 0 radical (unpaired) electrons. The lowest BCUT2D eigenvalue weighted by molar-refractivity contribution is 0.118. The van der Waals surface area contributed by atoms with Gasteiger partial charge < -0.3 is 11.5 Å². The highest BCUT2D eigenvalue weighted by molar-refractivity contribution is 4.85. The molecule has 0 heterocycles. The van der Waals surface area contributed by atoms with Crippen LogP contribution < -0.4 is 11.5 Å². The summed E-state index contributed by atoms with van der Waals surface area (Å²) in [4.78, 5) is 0. The van der Waals surface area contributed by atoms with Crippen LogP contribution in [0.5, 0.6) is 0 Å². The van der Waals surface area contributed by atoms with Gasteiger partial charge in [0.25, 0.3) is 0 Å². The first-order valence-corrected chi connectivity index (χ1v) is 9.61. The SMILES string of the molecule is CCC1CC(CC2CCC(CN)C(CC)C2)CCC1CN. The molecular weight excluding hydrogens is 256 g/mol. The summed E-state index contributed by atoms with van der Waals surface area (Å²) in [7, 11) is 0. The maximum absolute atomic E-state index is 5.95. The van der Waals surface area contributed by atoms with Crippen molar-refractivity contribution in [3.8, 4) is 0 Å². The molecule has 2 aliphatic carbocycles. The third kappa shape index (κ3) is 4.45. The summed E-state index contributed by atoms with van der Waals surface area (Å²) in [5.41, 5.74) is 11.9. The molecule has 2 rings (SSSR count). The molecular formula is C19H38N2. The summed E-state index contributed by atoms with van der Waals surface area (Å²) >= 11 is 0. The van der Waals surface area contributed by atoms with Crippen molar-refractivity contribution in [3.05, 3.63) is 0 Å². The van der Waals surface area contributed by atoms with Gasteiger partial charge in [0.1, 0.15) is 0 Å². The number of hydrogen-bond acceptors (Lipinski definition) is 2. The Morgan fingerprint density at radius 3 is 1.43 bits per heavy atom. The highest BCUT2D eigenvalue weighted by Crippen LogP contribution is 2.43. The van der Waals surface area contributed by atoms with Crippen LogP contribution in [0.4, 0.5) is 0 Å². The highest BCUT2D eigenvalue weighted by Gasteiger charge is 2.33. The van der Waals surface area contributed by atoms with Gasteiger partial charge in [-0.05, 0) is 80.7 Å². The fourth-order valence-corrected chi connectivity index (χ4v) is 5.37. The van der Waals surface area contributed by atoms with Gasteiger partial charge in [-0.2, -0.15) is 0 Å². The van der Waals surface area contributed by atoms with Gasteiger partial charge in [-0.1, -0.05) is 39.5 Å². The second kappa shape index (κ2) is 8.53. The second-order valence-corrected chi connectivity index (χ2v) is 7.92. The Morgan fingerprint density at radius 2 is 1.10 bits per heavy atom. The Bertz CT molecular complexity index is 263. The van der Waals surface area contributed by atoms with E-state index in [9.17, 15) is 0 Å². The first kappa shape index (κ1) is 17.3. The van der Waals surface area contributed by atoms with Gasteiger partial charge in [0, 0.05) is 0 Å². The first-order valence-electron chi connectivity index (χ1n) is 9.61. The van der Waals surface area contributed by atoms with Gasteiger partial charge in [-0.3, -0.25) is 0 Å². The quantitative estimate of drug-likeness (QED) is 0.772. The smallest absolute Gasteiger partial charge is 0.00462 e. The van der Waals surface area contributed by atoms with Crippen molar-refractivity contribution in [1.82, 2.24) is 0 Å². The highest BCUT2D eigenvalue weighted by atomic mass is 14.6. The Morgan fingerprint density at radius 1 is 0.667 bits per heavy atom. The van der Waals surface area contributed by atoms with Crippen LogP contribution in [0.2, 0.25) is 0 Å². The lowest BCUT2D eigenvalue weighted by Gasteiger charge is -2.40. The molecule has 21 heavy (non-hydrogen) atoms. The Kier molecular flexibility index (Phi) is 7.01. The molecule has 0 aromatic heterocycles. The summed E-state index contributed by atoms with van der Waals surface area (Å²) < 4.78 is 0. The lowest BCUT2D eigenvalue weighted by Crippen LogP contribution is -2.33. The van der Waals surface area contributed by atoms with Crippen LogP contribution in [-0.2, 0) is 0 Å². The van der Waals surface area contributed by atoms with E-state index >= 15 is 0 Å². The van der Waals surface area contributed by atoms with E-state index in [1.165, 1.54) is 57.8 Å². The van der Waals surface area contributed by atoms with Crippen molar-refractivity contribution in [1.29, 1.82) is 0 Å². The van der Waals surface area contributed by atoms with Crippen LogP contribution in [0.25, 0.3) is 0 Å². The van der Waals surface area contributed by atoms with Gasteiger partial charge >= 0.3 is 0 Å². The molecule has 0 bridgehead atoms. The number of hydrogen-bond donors (Lipinski definition) is 2. The van der Waals surface area contributed by atoms with E-state index < -0.39 is 0 Å². The Balaban J connectivity index is 1.82. The molecule has 0 saturated heterocycles. The average molecular weight is 295 g/mol. The van der Waals surface area contributed by atoms with Crippen molar-refractivity contribution < 1.29 is 0 Å². The van der Waals surface area contributed by atoms with Crippen molar-refractivity contribution >= 4 is 0 Å². The number of rotatable bonds is 6. The van der Waals surface area contributed by atoms with Crippen molar-refractivity contribution in [2.24, 2.45) is 47.0 Å². The zero-order valence-corrected chi connectivity index (χ0v) is 14.4. The minimum absolute atomic E-state index is 0.808. The van der Waals surface area contributed by atoms with Gasteiger partial charge in [0.05, 0.1) is 0 Å². The maximum Gasteiger partial charge on any atom is -0.00462 e. The molecule has 4 N–H and O–H groups in total. The molecule has 0 spiro atoms. The second-order valence-electron chi connectivity index (χ2n) is 7.92. The minimum atomic E-state index is 0.808. The van der Waals surface area contributed by atoms with Gasteiger partial charge in [0.2, 0.25) is 0 Å². The molecule has 0 amide bonds. The summed E-state index contributed by atoms with van der Waals surface area (Å²) in [6.45, 7) is 6.53. The van der Waals surface area contributed by atoms with E-state index in [0.29, 0.717) is 0 Å². The first-order chi connectivity index (χ1) is 10.2. The minimum Gasteiger partial charge on any atom is -0.330 e. The molecule has 0 aromatic carbocycles. The van der Waals surface area contributed by atoms with Crippen molar-refractivity contribution in [3.63, 3.8) is 0 Å². The van der Waals surface area contributed by atoms with Gasteiger partial charge in [-0.25, -0.2) is 0 Å². The van der Waals surface area contributed by atoms with E-state index in [2.05, 4.69) is 13.8 Å². The molecule has 0 aliphatic heterocycles. The fraction of sp³-hybridized carbons (Fsp3) is 1.00. The summed E-state index contributed by atoms with van der Waals surface area (Å²) in [6, 6.07) is 0. The number of nitrogens with two attached hydrogens (primary N) is 2. The maximum atomic E-state index is 5.95. The standard InChI is InChI=1S/C19H38N2/c1-3-16-10-14(5-7-18(16)12-20)9-15-6-8-19(13-21)17(4-2)11-15/h14-19H,3-13,20-21H2,1-2H3. The monoisotopic (exact) mass is 294 g/mol. The molecule has 2 heteroatoms. The molecule has 2 fully saturated rings. The largest absolute Gasteiger partial charge is 0.330 e. The van der Waals surface area contributed by atoms with Crippen LogP contribution in [-0.4, -0.2) is 13.1 Å². The van der Waals surface area contributed by atoms with Crippen LogP contribution in [0.15, 0.2) is 0 Å². The topological polar surface area (TPSA) is 52.0 Å². The summed E-state index contributed by atoms with van der Waals surface area (Å²) in [5, 5.41) is 0. The van der Waals surface area contributed by atoms with E-state index in [4.69, 9.17) is 11.5 Å². The normalized spacial score (nSPS) is 41.1. The molecule has 124 valence electrons. The Labute approximate surface area is 132 Å². The van der Waals surface area contributed by atoms with Crippen LogP contribution >= 0.6 is 0 Å². The molecule has 6 atom stereocenters. The molecule has 0 aromatic rings. The molecule has 2 saturated carbocycles. The van der Waals surface area contributed by atoms with E-state index in [0.717, 1.165) is 48.6 Å². The van der Waals surface area contributed by atoms with E-state index in [1.807, 2.05) is 0 Å². The van der Waals surface area contributed by atoms with Gasteiger partial charge in [-0.15, -0.1) is 0 Å². The molecule has 6 unspecified atom stereocenters. The zero-order chi connectivity index (χ0) is 15.2. The third-order valence-corrected chi connectivity index (χ3v) is 6.82. The van der Waals surface area contributed by atoms with Crippen LogP contribution in [0, 0.1) is 35.5 Å². The summed E-state index contributed by atoms with van der Waals surface area (Å²) in [5.74, 6) is 5.38. The molecule has 2 nitrogen and oxygen atoms in total. The third-order valence-electron chi connectivity index (χ3n) is 6.82. The van der Waals surface area contributed by atoms with Crippen molar-refractivity contribution in [2.75, 3.05) is 13.1 Å². The average Bonchev–Trinajstić information content (AvgIpc) is 2.54. The van der Waals surface area contributed by atoms with Crippen molar-refractivity contribution in [2.45, 2.75) is 71.6 Å².